The third-order valence-corrected chi connectivity index (χ3v) is 6.80. The molecule has 3 aromatic carbocycles. The van der Waals surface area contributed by atoms with E-state index in [2.05, 4.69) is 21.4 Å². The second-order valence-electron chi connectivity index (χ2n) is 9.90. The lowest BCUT2D eigenvalue weighted by Gasteiger charge is -2.22. The van der Waals surface area contributed by atoms with Crippen LogP contribution in [0.4, 0.5) is 8.78 Å². The average Bonchev–Trinajstić information content (AvgIpc) is 3.24. The van der Waals surface area contributed by atoms with Crippen LogP contribution in [0.2, 0.25) is 0 Å². The van der Waals surface area contributed by atoms with Gasteiger partial charge in [0, 0.05) is 28.9 Å². The molecule has 0 spiro atoms. The van der Waals surface area contributed by atoms with Crippen LogP contribution in [-0.4, -0.2) is 15.9 Å². The SMILES string of the molecule is Cc1cc(F)cc(C[C@H](NC(=O)Cc2c[nH]c3ccc(C)cc23)c2ncccc2-c2ccc(F)cc2C)c1. The van der Waals surface area contributed by atoms with Crippen LogP contribution in [0.3, 0.4) is 0 Å². The van der Waals surface area contributed by atoms with Crippen LogP contribution in [0.15, 0.2) is 79.1 Å². The van der Waals surface area contributed by atoms with Crippen LogP contribution in [0.25, 0.3) is 22.0 Å². The molecule has 0 aliphatic heterocycles. The Balaban J connectivity index is 1.52. The Morgan fingerprint density at radius 3 is 2.55 bits per heavy atom. The Kier molecular flexibility index (Phi) is 7.05. The van der Waals surface area contributed by atoms with Gasteiger partial charge in [-0.05, 0) is 97.5 Å². The molecule has 0 unspecified atom stereocenters. The molecule has 192 valence electrons. The molecule has 0 aliphatic rings. The van der Waals surface area contributed by atoms with Gasteiger partial charge >= 0.3 is 0 Å². The third kappa shape index (κ3) is 5.49. The molecule has 4 nitrogen and oxygen atoms in total. The zero-order chi connectivity index (χ0) is 26.8. The molecular weight excluding hydrogens is 480 g/mol. The van der Waals surface area contributed by atoms with Crippen molar-refractivity contribution in [1.82, 2.24) is 15.3 Å². The Morgan fingerprint density at radius 1 is 0.921 bits per heavy atom. The summed E-state index contributed by atoms with van der Waals surface area (Å²) >= 11 is 0. The minimum atomic E-state index is -0.531. The number of halogens is 2. The molecule has 1 atom stereocenters. The summed E-state index contributed by atoms with van der Waals surface area (Å²) in [7, 11) is 0. The standard InChI is InChI=1S/C32H29F2N3O/c1-19-6-9-29-28(13-19)23(18-36-29)17-31(38)37-30(16-22-11-20(2)12-25(34)15-22)32-27(5-4-10-35-32)26-8-7-24(33)14-21(26)3/h4-15,18,30,36H,16-17H2,1-3H3,(H,37,38)/t30-/m0/s1. The number of carbonyl (C=O) groups is 1. The molecule has 5 rings (SSSR count). The van der Waals surface area contributed by atoms with Crippen molar-refractivity contribution in [2.75, 3.05) is 0 Å². The highest BCUT2D eigenvalue weighted by molar-refractivity contribution is 5.89. The minimum absolute atomic E-state index is 0.169. The van der Waals surface area contributed by atoms with E-state index in [9.17, 15) is 13.6 Å². The molecule has 0 fully saturated rings. The second kappa shape index (κ2) is 10.6. The number of aromatic amines is 1. The molecule has 0 aliphatic carbocycles. The van der Waals surface area contributed by atoms with Gasteiger partial charge in [-0.15, -0.1) is 0 Å². The number of pyridine rings is 1. The van der Waals surface area contributed by atoms with E-state index in [0.29, 0.717) is 12.1 Å². The van der Waals surface area contributed by atoms with Crippen molar-refractivity contribution in [3.63, 3.8) is 0 Å². The number of amides is 1. The molecule has 38 heavy (non-hydrogen) atoms. The van der Waals surface area contributed by atoms with Gasteiger partial charge in [0.05, 0.1) is 18.2 Å². The third-order valence-electron chi connectivity index (χ3n) is 6.80. The molecule has 0 radical (unpaired) electrons. The lowest BCUT2D eigenvalue weighted by atomic mass is 9.93. The van der Waals surface area contributed by atoms with Crippen molar-refractivity contribution in [3.8, 4) is 11.1 Å². The first-order valence-corrected chi connectivity index (χ1v) is 12.6. The van der Waals surface area contributed by atoms with Gasteiger partial charge in [0.25, 0.3) is 0 Å². The summed E-state index contributed by atoms with van der Waals surface area (Å²) in [6.45, 7) is 5.71. The van der Waals surface area contributed by atoms with Gasteiger partial charge in [0.2, 0.25) is 5.91 Å². The molecule has 2 aromatic heterocycles. The number of benzene rings is 3. The van der Waals surface area contributed by atoms with Gasteiger partial charge in [-0.2, -0.15) is 0 Å². The van der Waals surface area contributed by atoms with Crippen LogP contribution in [0, 0.1) is 32.4 Å². The molecular formula is C32H29F2N3O. The Bertz CT molecular complexity index is 1620. The predicted octanol–water partition coefficient (Wildman–Crippen LogP) is 7.08. The van der Waals surface area contributed by atoms with E-state index < -0.39 is 6.04 Å². The number of aryl methyl sites for hydroxylation is 3. The second-order valence-corrected chi connectivity index (χ2v) is 9.90. The normalized spacial score (nSPS) is 12.0. The number of nitrogens with one attached hydrogen (secondary N) is 2. The summed E-state index contributed by atoms with van der Waals surface area (Å²) in [5, 5.41) is 4.18. The van der Waals surface area contributed by atoms with Gasteiger partial charge in [-0.1, -0.05) is 29.8 Å². The van der Waals surface area contributed by atoms with Crippen LogP contribution in [0.5, 0.6) is 0 Å². The Hall–Kier alpha value is -4.32. The van der Waals surface area contributed by atoms with Gasteiger partial charge < -0.3 is 10.3 Å². The molecule has 6 heteroatoms. The lowest BCUT2D eigenvalue weighted by molar-refractivity contribution is -0.121. The van der Waals surface area contributed by atoms with Gasteiger partial charge in [0.1, 0.15) is 11.6 Å². The largest absolute Gasteiger partial charge is 0.361 e. The Morgan fingerprint density at radius 2 is 1.76 bits per heavy atom. The summed E-state index contributed by atoms with van der Waals surface area (Å²) in [5.74, 6) is -0.807. The highest BCUT2D eigenvalue weighted by Crippen LogP contribution is 2.32. The molecule has 1 amide bonds. The van der Waals surface area contributed by atoms with E-state index in [1.807, 2.05) is 57.3 Å². The highest BCUT2D eigenvalue weighted by Gasteiger charge is 2.22. The molecule has 2 heterocycles. The zero-order valence-electron chi connectivity index (χ0n) is 21.6. The topological polar surface area (TPSA) is 57.8 Å². The highest BCUT2D eigenvalue weighted by atomic mass is 19.1. The van der Waals surface area contributed by atoms with Crippen molar-refractivity contribution in [2.24, 2.45) is 0 Å². The number of rotatable bonds is 7. The number of hydrogen-bond donors (Lipinski definition) is 2. The summed E-state index contributed by atoms with van der Waals surface area (Å²) in [4.78, 5) is 21.3. The maximum absolute atomic E-state index is 14.3. The van der Waals surface area contributed by atoms with Crippen molar-refractivity contribution >= 4 is 16.8 Å². The van der Waals surface area contributed by atoms with E-state index in [1.165, 1.54) is 24.3 Å². The molecule has 2 N–H and O–H groups in total. The summed E-state index contributed by atoms with van der Waals surface area (Å²) < 4.78 is 28.1. The number of H-pyrrole nitrogens is 1. The van der Waals surface area contributed by atoms with E-state index in [4.69, 9.17) is 0 Å². The smallest absolute Gasteiger partial charge is 0.225 e. The monoisotopic (exact) mass is 509 g/mol. The zero-order valence-corrected chi connectivity index (χ0v) is 21.6. The average molecular weight is 510 g/mol. The van der Waals surface area contributed by atoms with Crippen molar-refractivity contribution < 1.29 is 13.6 Å². The molecule has 5 aromatic rings. The number of carbonyl (C=O) groups excluding carboxylic acids is 1. The lowest BCUT2D eigenvalue weighted by Crippen LogP contribution is -2.32. The van der Waals surface area contributed by atoms with Crippen LogP contribution in [0.1, 0.15) is 39.6 Å². The van der Waals surface area contributed by atoms with Crippen molar-refractivity contribution in [3.05, 3.63) is 124 Å². The first-order chi connectivity index (χ1) is 18.3. The summed E-state index contributed by atoms with van der Waals surface area (Å²) in [6.07, 6.45) is 4.07. The van der Waals surface area contributed by atoms with Crippen molar-refractivity contribution in [2.45, 2.75) is 39.7 Å². The van der Waals surface area contributed by atoms with Crippen molar-refractivity contribution in [1.29, 1.82) is 0 Å². The van der Waals surface area contributed by atoms with E-state index in [-0.39, 0.29) is 24.0 Å². The van der Waals surface area contributed by atoms with Gasteiger partial charge in [0.15, 0.2) is 0 Å². The molecule has 0 saturated carbocycles. The fourth-order valence-corrected chi connectivity index (χ4v) is 5.09. The first kappa shape index (κ1) is 25.3. The van der Waals surface area contributed by atoms with Crippen LogP contribution in [-0.2, 0) is 17.6 Å². The summed E-state index contributed by atoms with van der Waals surface area (Å²) in [6, 6.07) is 18.8. The fourth-order valence-electron chi connectivity index (χ4n) is 5.09. The van der Waals surface area contributed by atoms with Gasteiger partial charge in [-0.3, -0.25) is 9.78 Å². The fraction of sp³-hybridized carbons (Fsp3) is 0.188. The number of hydrogen-bond acceptors (Lipinski definition) is 2. The summed E-state index contributed by atoms with van der Waals surface area (Å²) in [5.41, 5.74) is 7.58. The first-order valence-electron chi connectivity index (χ1n) is 12.6. The maximum Gasteiger partial charge on any atom is 0.225 e. The number of aromatic nitrogens is 2. The quantitative estimate of drug-likeness (QED) is 0.246. The number of nitrogens with zero attached hydrogens (tertiary/aromatic N) is 1. The number of fused-ring (bicyclic) bond motifs is 1. The van der Waals surface area contributed by atoms with E-state index >= 15 is 0 Å². The maximum atomic E-state index is 14.3. The minimum Gasteiger partial charge on any atom is -0.361 e. The molecule has 0 saturated heterocycles. The molecule has 0 bridgehead atoms. The van der Waals surface area contributed by atoms with Crippen LogP contribution >= 0.6 is 0 Å². The van der Waals surface area contributed by atoms with Crippen LogP contribution < -0.4 is 5.32 Å². The van der Waals surface area contributed by atoms with Gasteiger partial charge in [-0.25, -0.2) is 8.78 Å². The van der Waals surface area contributed by atoms with E-state index in [0.717, 1.165) is 49.8 Å². The van der Waals surface area contributed by atoms with E-state index in [1.54, 1.807) is 12.3 Å². The predicted molar refractivity (Wildman–Crippen MR) is 147 cm³/mol. The Labute approximate surface area is 220 Å².